The Balaban J connectivity index is 1.07. The minimum atomic E-state index is -1.08. The Kier molecular flexibility index (Phi) is 12.4. The largest absolute Gasteiger partial charge is 0.467 e. The van der Waals surface area contributed by atoms with Crippen molar-refractivity contribution in [3.63, 3.8) is 0 Å². The van der Waals surface area contributed by atoms with E-state index in [1.54, 1.807) is 20.8 Å². The molecule has 0 spiro atoms. The first kappa shape index (κ1) is 39.6. The summed E-state index contributed by atoms with van der Waals surface area (Å²) in [6.07, 6.45) is 2.06. The van der Waals surface area contributed by atoms with Crippen molar-refractivity contribution in [1.29, 1.82) is 0 Å². The number of benzene rings is 4. The van der Waals surface area contributed by atoms with Crippen molar-refractivity contribution in [2.24, 2.45) is 0 Å². The van der Waals surface area contributed by atoms with Crippen LogP contribution >= 0.6 is 0 Å². The third kappa shape index (κ3) is 9.57. The fourth-order valence-corrected chi connectivity index (χ4v) is 7.19. The first-order valence-corrected chi connectivity index (χ1v) is 19.0. The summed E-state index contributed by atoms with van der Waals surface area (Å²) < 4.78 is 18.3. The molecule has 5 aromatic rings. The topological polar surface area (TPSA) is 137 Å². The number of hydrogen-bond acceptors (Lipinski definition) is 7. The Bertz CT molecular complexity index is 2140. The van der Waals surface area contributed by atoms with Gasteiger partial charge in [-0.3, -0.25) is 4.79 Å². The molecule has 1 heterocycles. The first-order chi connectivity index (χ1) is 26.9. The van der Waals surface area contributed by atoms with Gasteiger partial charge in [-0.15, -0.1) is 0 Å². The number of rotatable bonds is 14. The van der Waals surface area contributed by atoms with Gasteiger partial charge in [0.1, 0.15) is 24.3 Å². The molecule has 3 N–H and O–H groups in total. The molecule has 4 aromatic carbocycles. The monoisotopic (exact) mass is 758 g/mol. The third-order valence-corrected chi connectivity index (χ3v) is 9.87. The van der Waals surface area contributed by atoms with Crippen LogP contribution in [0.25, 0.3) is 27.7 Å². The van der Waals surface area contributed by atoms with Crippen LogP contribution in [0.3, 0.4) is 0 Å². The minimum Gasteiger partial charge on any atom is -0.467 e. The van der Waals surface area contributed by atoms with E-state index in [4.69, 9.17) is 14.2 Å². The molecule has 0 saturated heterocycles. The lowest BCUT2D eigenvalue weighted by atomic mass is 9.98. The molecule has 0 radical (unpaired) electrons. The van der Waals surface area contributed by atoms with Crippen molar-refractivity contribution < 1.29 is 33.4 Å². The Morgan fingerprint density at radius 3 is 2.07 bits per heavy atom. The van der Waals surface area contributed by atoms with Crippen LogP contribution in [0.15, 0.2) is 103 Å². The molecule has 0 fully saturated rings. The Morgan fingerprint density at radius 2 is 1.41 bits per heavy atom. The average Bonchev–Trinajstić information content (AvgIpc) is 3.70. The number of para-hydroxylation sites is 1. The molecular weight excluding hydrogens is 709 g/mol. The molecule has 0 bridgehead atoms. The number of carbonyl (C=O) groups is 4. The summed E-state index contributed by atoms with van der Waals surface area (Å²) in [5.41, 5.74) is 7.64. The van der Waals surface area contributed by atoms with Crippen LogP contribution in [-0.4, -0.2) is 66.6 Å². The summed E-state index contributed by atoms with van der Waals surface area (Å²) in [5.74, 6) is -1.22. The number of carbonyl (C=O) groups excluding carboxylic acids is 4. The van der Waals surface area contributed by atoms with Crippen LogP contribution in [-0.2, 0) is 30.2 Å². The van der Waals surface area contributed by atoms with Gasteiger partial charge in [0.15, 0.2) is 0 Å². The lowest BCUT2D eigenvalue weighted by Crippen LogP contribution is -2.53. The normalized spacial score (nSPS) is 13.2. The molecule has 0 saturated carbocycles. The second-order valence-corrected chi connectivity index (χ2v) is 15.1. The maximum atomic E-state index is 14.0. The molecule has 2 atom stereocenters. The number of amides is 3. The highest BCUT2D eigenvalue weighted by molar-refractivity contribution is 5.91. The summed E-state index contributed by atoms with van der Waals surface area (Å²) in [6.45, 7) is 7.78. The number of aryl methyl sites for hydroxylation is 1. The molecule has 1 aliphatic rings. The van der Waals surface area contributed by atoms with Crippen molar-refractivity contribution >= 4 is 35.0 Å². The SMILES string of the molecule is COC(=O)[C@H](CCCCNC(=O)OCC1c2ccccc2-c2ccccc21)NC(=O)[C@H](Cc1cn(-c2ccc(C)cc2)c2ccccc12)NC(=O)OC(C)(C)C. The van der Waals surface area contributed by atoms with Gasteiger partial charge in [0.25, 0.3) is 0 Å². The van der Waals surface area contributed by atoms with Crippen LogP contribution in [0.5, 0.6) is 0 Å². The molecule has 11 heteroatoms. The Morgan fingerprint density at radius 1 is 0.768 bits per heavy atom. The molecule has 1 aromatic heterocycles. The molecule has 1 aliphatic carbocycles. The smallest absolute Gasteiger partial charge is 0.408 e. The van der Waals surface area contributed by atoms with Gasteiger partial charge in [0.05, 0.1) is 12.6 Å². The van der Waals surface area contributed by atoms with Crippen molar-refractivity contribution in [2.45, 2.75) is 77.0 Å². The zero-order chi connectivity index (χ0) is 39.8. The van der Waals surface area contributed by atoms with E-state index in [1.807, 2.05) is 85.9 Å². The Labute approximate surface area is 327 Å². The molecule has 0 unspecified atom stereocenters. The summed E-state index contributed by atoms with van der Waals surface area (Å²) in [6, 6.07) is 30.2. The van der Waals surface area contributed by atoms with E-state index in [0.29, 0.717) is 19.4 Å². The number of nitrogens with one attached hydrogen (secondary N) is 3. The maximum Gasteiger partial charge on any atom is 0.408 e. The van der Waals surface area contributed by atoms with Gasteiger partial charge < -0.3 is 34.7 Å². The fraction of sp³-hybridized carbons (Fsp3) is 0.333. The molecule has 292 valence electrons. The lowest BCUT2D eigenvalue weighted by Gasteiger charge is -2.25. The molecule has 6 rings (SSSR count). The van der Waals surface area contributed by atoms with Gasteiger partial charge >= 0.3 is 18.2 Å². The van der Waals surface area contributed by atoms with Crippen LogP contribution < -0.4 is 16.0 Å². The standard InChI is InChI=1S/C45H50N4O7/c1-29-21-23-31(24-22-29)49-27-30(32-14-10-11-20-40(32)49)26-39(48-44(53)56-45(2,3)4)41(50)47-38(42(51)54-5)19-12-13-25-46-43(52)55-28-37-35-17-8-6-15-33(35)34-16-7-9-18-36(34)37/h6-11,14-18,20-24,27,37-39H,12-13,19,25-26,28H2,1-5H3,(H,46,52)(H,47,50)(H,48,53)/t38-,39-/m0/s1. The highest BCUT2D eigenvalue weighted by Crippen LogP contribution is 2.44. The number of alkyl carbamates (subject to hydrolysis) is 2. The second kappa shape index (κ2) is 17.6. The highest BCUT2D eigenvalue weighted by atomic mass is 16.6. The maximum absolute atomic E-state index is 14.0. The molecule has 56 heavy (non-hydrogen) atoms. The quantitative estimate of drug-likeness (QED) is 0.0599. The van der Waals surface area contributed by atoms with Crippen LogP contribution in [0.4, 0.5) is 9.59 Å². The first-order valence-electron chi connectivity index (χ1n) is 19.0. The molecule has 11 nitrogen and oxygen atoms in total. The third-order valence-electron chi connectivity index (χ3n) is 9.87. The number of ether oxygens (including phenoxy) is 3. The van der Waals surface area contributed by atoms with Crippen molar-refractivity contribution in [3.8, 4) is 16.8 Å². The second-order valence-electron chi connectivity index (χ2n) is 15.1. The average molecular weight is 759 g/mol. The summed E-state index contributed by atoms with van der Waals surface area (Å²) >= 11 is 0. The van der Waals surface area contributed by atoms with Crippen molar-refractivity contribution in [3.05, 3.63) is 126 Å². The predicted molar refractivity (Wildman–Crippen MR) is 216 cm³/mol. The van der Waals surface area contributed by atoms with E-state index in [0.717, 1.165) is 50.0 Å². The van der Waals surface area contributed by atoms with Crippen LogP contribution in [0.2, 0.25) is 0 Å². The van der Waals surface area contributed by atoms with E-state index in [-0.39, 0.29) is 25.4 Å². The summed E-state index contributed by atoms with van der Waals surface area (Å²) in [7, 11) is 1.26. The molecular formula is C45H50N4O7. The Hall–Kier alpha value is -6.10. The van der Waals surface area contributed by atoms with Crippen LogP contribution in [0, 0.1) is 6.92 Å². The number of unbranched alkanes of at least 4 members (excludes halogenated alkanes) is 1. The number of fused-ring (bicyclic) bond motifs is 4. The van der Waals surface area contributed by atoms with Gasteiger partial charge in [-0.2, -0.15) is 0 Å². The van der Waals surface area contributed by atoms with Gasteiger partial charge in [-0.1, -0.05) is 84.4 Å². The number of esters is 1. The number of nitrogens with zero attached hydrogens (tertiary/aromatic N) is 1. The number of hydrogen-bond donors (Lipinski definition) is 3. The fourth-order valence-electron chi connectivity index (χ4n) is 7.19. The number of aromatic nitrogens is 1. The zero-order valence-corrected chi connectivity index (χ0v) is 32.6. The van der Waals surface area contributed by atoms with Gasteiger partial charge in [-0.25, -0.2) is 14.4 Å². The summed E-state index contributed by atoms with van der Waals surface area (Å²) in [4.78, 5) is 52.6. The van der Waals surface area contributed by atoms with E-state index >= 15 is 0 Å². The minimum absolute atomic E-state index is 0.0435. The lowest BCUT2D eigenvalue weighted by molar-refractivity contribution is -0.145. The van der Waals surface area contributed by atoms with E-state index in [1.165, 1.54) is 7.11 Å². The van der Waals surface area contributed by atoms with E-state index < -0.39 is 41.7 Å². The predicted octanol–water partition coefficient (Wildman–Crippen LogP) is 7.74. The molecule has 0 aliphatic heterocycles. The van der Waals surface area contributed by atoms with Crippen molar-refractivity contribution in [1.82, 2.24) is 20.5 Å². The van der Waals surface area contributed by atoms with Crippen LogP contribution in [0.1, 0.15) is 68.2 Å². The summed E-state index contributed by atoms with van der Waals surface area (Å²) in [5, 5.41) is 9.28. The number of methoxy groups -OCH3 is 1. The van der Waals surface area contributed by atoms with Gasteiger partial charge in [0, 0.05) is 36.2 Å². The highest BCUT2D eigenvalue weighted by Gasteiger charge is 2.31. The van der Waals surface area contributed by atoms with E-state index in [2.05, 4.69) is 44.8 Å². The van der Waals surface area contributed by atoms with Crippen molar-refractivity contribution in [2.75, 3.05) is 20.3 Å². The van der Waals surface area contributed by atoms with Gasteiger partial charge in [0.2, 0.25) is 5.91 Å². The molecule has 3 amide bonds. The zero-order valence-electron chi connectivity index (χ0n) is 32.6. The van der Waals surface area contributed by atoms with Gasteiger partial charge in [-0.05, 0) is 93.0 Å². The van der Waals surface area contributed by atoms with E-state index in [9.17, 15) is 19.2 Å².